The molecule has 0 amide bonds. The Balaban J connectivity index is 1.97. The predicted molar refractivity (Wildman–Crippen MR) is 81.6 cm³/mol. The Morgan fingerprint density at radius 1 is 1.15 bits per heavy atom. The Bertz CT molecular complexity index is 813. The zero-order valence-corrected chi connectivity index (χ0v) is 12.1. The molecule has 1 heterocycles. The molecule has 3 aromatic rings. The summed E-state index contributed by atoms with van der Waals surface area (Å²) < 4.78 is 4.33. The lowest BCUT2D eigenvalue weighted by Crippen LogP contribution is -1.71. The van der Waals surface area contributed by atoms with Gasteiger partial charge in [0.05, 0.1) is 16.2 Å². The number of aromatic hydroxyl groups is 1. The van der Waals surface area contributed by atoms with Crippen molar-refractivity contribution in [1.82, 2.24) is 4.37 Å². The van der Waals surface area contributed by atoms with Crippen LogP contribution in [0.4, 0.5) is 10.7 Å². The zero-order valence-electron chi connectivity index (χ0n) is 10.5. The largest absolute Gasteiger partial charge is 0.506 e. The van der Waals surface area contributed by atoms with Crippen molar-refractivity contribution in [3.8, 4) is 5.75 Å². The number of aryl methyl sites for hydroxylation is 1. The van der Waals surface area contributed by atoms with Crippen LogP contribution in [0.15, 0.2) is 46.6 Å². The molecule has 0 aliphatic rings. The highest BCUT2D eigenvalue weighted by Gasteiger charge is 2.05. The number of nitrogens with zero attached hydrogens (tertiary/aromatic N) is 3. The lowest BCUT2D eigenvalue weighted by molar-refractivity contribution is 0.475. The quantitative estimate of drug-likeness (QED) is 0.646. The Morgan fingerprint density at radius 2 is 2.00 bits per heavy atom. The number of halogens is 1. The van der Waals surface area contributed by atoms with Crippen molar-refractivity contribution in [2.24, 2.45) is 10.2 Å². The van der Waals surface area contributed by atoms with Gasteiger partial charge in [0.1, 0.15) is 5.75 Å². The predicted octanol–water partition coefficient (Wildman–Crippen LogP) is 5.38. The van der Waals surface area contributed by atoms with Gasteiger partial charge in [-0.2, -0.15) is 4.37 Å². The van der Waals surface area contributed by atoms with E-state index in [1.807, 2.05) is 25.1 Å². The lowest BCUT2D eigenvalue weighted by atomic mass is 10.2. The third-order valence-corrected chi connectivity index (χ3v) is 3.87. The number of phenols is 1. The van der Waals surface area contributed by atoms with Gasteiger partial charge < -0.3 is 5.11 Å². The van der Waals surface area contributed by atoms with E-state index in [4.69, 9.17) is 11.6 Å². The number of rotatable bonds is 2. The zero-order chi connectivity index (χ0) is 14.1. The van der Waals surface area contributed by atoms with Crippen LogP contribution < -0.4 is 0 Å². The topological polar surface area (TPSA) is 57.8 Å². The van der Waals surface area contributed by atoms with Crippen LogP contribution >= 0.6 is 23.1 Å². The van der Waals surface area contributed by atoms with Crippen molar-refractivity contribution in [2.75, 3.05) is 0 Å². The molecule has 6 heteroatoms. The second-order valence-corrected chi connectivity index (χ2v) is 5.50. The van der Waals surface area contributed by atoms with E-state index in [0.29, 0.717) is 5.69 Å². The molecule has 0 bridgehead atoms. The highest BCUT2D eigenvalue weighted by atomic mass is 35.5. The van der Waals surface area contributed by atoms with E-state index in [-0.39, 0.29) is 10.8 Å². The molecule has 0 saturated heterocycles. The second kappa shape index (κ2) is 5.19. The molecule has 0 fully saturated rings. The average Bonchev–Trinajstić information content (AvgIpc) is 2.82. The molecule has 4 nitrogen and oxygen atoms in total. The molecule has 0 radical (unpaired) electrons. The molecular formula is C14H10ClN3OS. The third-order valence-electron chi connectivity index (χ3n) is 2.80. The van der Waals surface area contributed by atoms with Gasteiger partial charge in [-0.05, 0) is 48.8 Å². The maximum atomic E-state index is 9.36. The second-order valence-electron chi connectivity index (χ2n) is 4.34. The first-order valence-electron chi connectivity index (χ1n) is 5.90. The van der Waals surface area contributed by atoms with Gasteiger partial charge in [0, 0.05) is 5.39 Å². The molecule has 0 aliphatic carbocycles. The van der Waals surface area contributed by atoms with Gasteiger partial charge in [-0.3, -0.25) is 0 Å². The fourth-order valence-corrected chi connectivity index (χ4v) is 2.63. The van der Waals surface area contributed by atoms with Gasteiger partial charge >= 0.3 is 0 Å². The summed E-state index contributed by atoms with van der Waals surface area (Å²) in [5.41, 5.74) is 2.65. The van der Waals surface area contributed by atoms with Crippen molar-refractivity contribution >= 4 is 44.7 Å². The van der Waals surface area contributed by atoms with Gasteiger partial charge in [0.2, 0.25) is 0 Å². The van der Waals surface area contributed by atoms with Gasteiger partial charge in [-0.15, -0.1) is 10.2 Å². The normalized spacial score (nSPS) is 11.5. The fourth-order valence-electron chi connectivity index (χ4n) is 1.78. The molecule has 20 heavy (non-hydrogen) atoms. The van der Waals surface area contributed by atoms with Crippen LogP contribution in [0.3, 0.4) is 0 Å². The van der Waals surface area contributed by atoms with E-state index in [2.05, 4.69) is 14.6 Å². The monoisotopic (exact) mass is 303 g/mol. The van der Waals surface area contributed by atoms with Crippen molar-refractivity contribution in [1.29, 1.82) is 0 Å². The number of aromatic nitrogens is 1. The molecule has 100 valence electrons. The minimum absolute atomic E-state index is 0.0319. The number of azo groups is 1. The van der Waals surface area contributed by atoms with E-state index in [9.17, 15) is 5.11 Å². The Labute approximate surface area is 124 Å². The average molecular weight is 304 g/mol. The maximum absolute atomic E-state index is 9.36. The first-order chi connectivity index (χ1) is 9.63. The van der Waals surface area contributed by atoms with Gasteiger partial charge in [0.25, 0.3) is 0 Å². The summed E-state index contributed by atoms with van der Waals surface area (Å²) in [7, 11) is 0. The third kappa shape index (κ3) is 2.50. The summed E-state index contributed by atoms with van der Waals surface area (Å²) in [6.45, 7) is 2.03. The highest BCUT2D eigenvalue weighted by Crippen LogP contribution is 2.33. The van der Waals surface area contributed by atoms with Crippen LogP contribution in [0.2, 0.25) is 5.02 Å². The molecule has 0 spiro atoms. The smallest absolute Gasteiger partial charge is 0.166 e. The number of hydrogen-bond acceptors (Lipinski definition) is 5. The van der Waals surface area contributed by atoms with Crippen molar-refractivity contribution in [2.45, 2.75) is 6.92 Å². The summed E-state index contributed by atoms with van der Waals surface area (Å²) in [5, 5.41) is 19.7. The molecule has 1 aromatic heterocycles. The Hall–Kier alpha value is -1.98. The minimum atomic E-state index is 0.0319. The standard InChI is InChI=1S/C14H10ClN3OS/c1-8-2-4-12-10(6-8)14(20-18-12)17-16-9-3-5-13(19)11(15)7-9/h2-7,19H,1H3. The molecular weight excluding hydrogens is 294 g/mol. The fraction of sp³-hybridized carbons (Fsp3) is 0.0714. The molecule has 0 aliphatic heterocycles. The maximum Gasteiger partial charge on any atom is 0.166 e. The van der Waals surface area contributed by atoms with E-state index in [0.717, 1.165) is 21.5 Å². The summed E-state index contributed by atoms with van der Waals surface area (Å²) in [6, 6.07) is 10.7. The number of benzene rings is 2. The molecule has 0 saturated carbocycles. The van der Waals surface area contributed by atoms with Crippen LogP contribution in [0.5, 0.6) is 5.75 Å². The van der Waals surface area contributed by atoms with Crippen LogP contribution in [0.1, 0.15) is 5.56 Å². The van der Waals surface area contributed by atoms with E-state index in [1.54, 1.807) is 12.1 Å². The Kier molecular flexibility index (Phi) is 3.38. The number of fused-ring (bicyclic) bond motifs is 1. The SMILES string of the molecule is Cc1ccc2nsc(N=Nc3ccc(O)c(Cl)c3)c2c1. The molecule has 2 aromatic carbocycles. The van der Waals surface area contributed by atoms with Crippen LogP contribution in [-0.2, 0) is 0 Å². The molecule has 0 atom stereocenters. The number of phenolic OH excluding ortho intramolecular Hbond substituents is 1. The van der Waals surface area contributed by atoms with Crippen molar-refractivity contribution < 1.29 is 5.11 Å². The summed E-state index contributed by atoms with van der Waals surface area (Å²) in [6.07, 6.45) is 0. The minimum Gasteiger partial charge on any atom is -0.506 e. The molecule has 1 N–H and O–H groups in total. The molecule has 0 unspecified atom stereocenters. The van der Waals surface area contributed by atoms with Gasteiger partial charge in [0.15, 0.2) is 5.00 Å². The van der Waals surface area contributed by atoms with Crippen LogP contribution in [0.25, 0.3) is 10.9 Å². The van der Waals surface area contributed by atoms with Crippen LogP contribution in [-0.4, -0.2) is 9.48 Å². The Morgan fingerprint density at radius 3 is 2.80 bits per heavy atom. The van der Waals surface area contributed by atoms with E-state index in [1.165, 1.54) is 17.6 Å². The summed E-state index contributed by atoms with van der Waals surface area (Å²) in [4.78, 5) is 0. The van der Waals surface area contributed by atoms with Crippen molar-refractivity contribution in [3.63, 3.8) is 0 Å². The van der Waals surface area contributed by atoms with Crippen molar-refractivity contribution in [3.05, 3.63) is 47.0 Å². The van der Waals surface area contributed by atoms with E-state index < -0.39 is 0 Å². The lowest BCUT2D eigenvalue weighted by Gasteiger charge is -1.96. The highest BCUT2D eigenvalue weighted by molar-refractivity contribution is 7.11. The van der Waals surface area contributed by atoms with Gasteiger partial charge in [-0.1, -0.05) is 23.2 Å². The van der Waals surface area contributed by atoms with Crippen LogP contribution in [0, 0.1) is 6.92 Å². The first-order valence-corrected chi connectivity index (χ1v) is 7.05. The molecule has 3 rings (SSSR count). The first kappa shape index (κ1) is 13.0. The van der Waals surface area contributed by atoms with Gasteiger partial charge in [-0.25, -0.2) is 0 Å². The number of hydrogen-bond donors (Lipinski definition) is 1. The summed E-state index contributed by atoms with van der Waals surface area (Å²) >= 11 is 7.13. The van der Waals surface area contributed by atoms with E-state index >= 15 is 0 Å². The summed E-state index contributed by atoms with van der Waals surface area (Å²) in [5.74, 6) is 0.0319.